The number of methoxy groups -OCH3 is 1. The molecule has 3 fully saturated rings. The second kappa shape index (κ2) is 5.42. The lowest BCUT2D eigenvalue weighted by molar-refractivity contribution is -0.137. The lowest BCUT2D eigenvalue weighted by Gasteiger charge is -2.56. The standard InChI is InChI=1S/C20H29BrO2/c1-19-8-6-13(21)10-12(19)4-5-14-15(19)7-9-20(2)16(14)11-17(23-3)18(20)22/h4,13-17H,5-11H2,1-3H3/t13?,14-,15-,16+,17?,19+,20+/m1/s1. The van der Waals surface area contributed by atoms with Crippen molar-refractivity contribution in [2.45, 2.75) is 69.7 Å². The third kappa shape index (κ3) is 2.18. The van der Waals surface area contributed by atoms with Gasteiger partial charge in [-0.25, -0.2) is 0 Å². The highest BCUT2D eigenvalue weighted by Gasteiger charge is 2.61. The number of fused-ring (bicyclic) bond motifs is 5. The minimum absolute atomic E-state index is 0.129. The van der Waals surface area contributed by atoms with Gasteiger partial charge in [-0.15, -0.1) is 0 Å². The maximum absolute atomic E-state index is 12.8. The third-order valence-corrected chi connectivity index (χ3v) is 8.82. The van der Waals surface area contributed by atoms with Crippen LogP contribution in [0.1, 0.15) is 58.8 Å². The maximum atomic E-state index is 12.8. The molecular weight excluding hydrogens is 352 g/mol. The van der Waals surface area contributed by atoms with Crippen LogP contribution in [0.15, 0.2) is 11.6 Å². The van der Waals surface area contributed by atoms with Gasteiger partial charge in [0.05, 0.1) is 0 Å². The highest BCUT2D eigenvalue weighted by molar-refractivity contribution is 9.09. The Labute approximate surface area is 148 Å². The Balaban J connectivity index is 1.68. The van der Waals surface area contributed by atoms with Gasteiger partial charge in [0.1, 0.15) is 6.10 Å². The number of hydrogen-bond donors (Lipinski definition) is 0. The molecule has 23 heavy (non-hydrogen) atoms. The predicted molar refractivity (Wildman–Crippen MR) is 95.6 cm³/mol. The molecule has 7 atom stereocenters. The van der Waals surface area contributed by atoms with Gasteiger partial charge >= 0.3 is 0 Å². The lowest BCUT2D eigenvalue weighted by atomic mass is 9.48. The highest BCUT2D eigenvalue weighted by Crippen LogP contribution is 2.64. The minimum atomic E-state index is -0.153. The molecule has 128 valence electrons. The molecule has 0 N–H and O–H groups in total. The Kier molecular flexibility index (Phi) is 3.85. The molecule has 0 saturated heterocycles. The molecule has 0 aromatic heterocycles. The van der Waals surface area contributed by atoms with Crippen molar-refractivity contribution in [3.05, 3.63) is 11.6 Å². The number of halogens is 1. The van der Waals surface area contributed by atoms with Crippen LogP contribution in [0.3, 0.4) is 0 Å². The largest absolute Gasteiger partial charge is 0.374 e. The van der Waals surface area contributed by atoms with E-state index in [-0.39, 0.29) is 11.5 Å². The average molecular weight is 381 g/mol. The SMILES string of the molecule is COC1C[C@H]2[C@@H]3CC=C4CC(Br)CC[C@]4(C)[C@@H]3CC[C@]2(C)C1=O. The summed E-state index contributed by atoms with van der Waals surface area (Å²) in [5, 5.41) is 0. The van der Waals surface area contributed by atoms with E-state index in [0.29, 0.717) is 27.9 Å². The highest BCUT2D eigenvalue weighted by atomic mass is 79.9. The Morgan fingerprint density at radius 3 is 2.65 bits per heavy atom. The number of hydrogen-bond acceptors (Lipinski definition) is 2. The van der Waals surface area contributed by atoms with E-state index in [1.165, 1.54) is 32.1 Å². The van der Waals surface area contributed by atoms with Gasteiger partial charge in [-0.1, -0.05) is 41.4 Å². The first kappa shape index (κ1) is 16.3. The quantitative estimate of drug-likeness (QED) is 0.477. The number of allylic oxidation sites excluding steroid dienone is 2. The molecule has 2 nitrogen and oxygen atoms in total. The molecule has 0 amide bonds. The van der Waals surface area contributed by atoms with E-state index in [1.807, 2.05) is 0 Å². The molecular formula is C20H29BrO2. The summed E-state index contributed by atoms with van der Waals surface area (Å²) in [4.78, 5) is 13.5. The van der Waals surface area contributed by atoms with Crippen molar-refractivity contribution in [2.24, 2.45) is 28.6 Å². The van der Waals surface area contributed by atoms with E-state index in [9.17, 15) is 4.79 Å². The fourth-order valence-corrected chi connectivity index (χ4v) is 7.16. The molecule has 4 aliphatic carbocycles. The molecule has 0 radical (unpaired) electrons. The van der Waals surface area contributed by atoms with Gasteiger partial charge in [0.2, 0.25) is 0 Å². The molecule has 0 aromatic rings. The van der Waals surface area contributed by atoms with Crippen molar-refractivity contribution >= 4 is 21.7 Å². The van der Waals surface area contributed by atoms with Crippen molar-refractivity contribution in [2.75, 3.05) is 7.11 Å². The summed E-state index contributed by atoms with van der Waals surface area (Å²) in [6, 6.07) is 0. The van der Waals surface area contributed by atoms with Crippen LogP contribution in [0.25, 0.3) is 0 Å². The van der Waals surface area contributed by atoms with Crippen LogP contribution in [-0.2, 0) is 9.53 Å². The Morgan fingerprint density at radius 2 is 1.91 bits per heavy atom. The summed E-state index contributed by atoms with van der Waals surface area (Å²) in [7, 11) is 1.71. The van der Waals surface area contributed by atoms with Crippen molar-refractivity contribution in [3.8, 4) is 0 Å². The molecule has 0 heterocycles. The van der Waals surface area contributed by atoms with Gasteiger partial charge in [0.25, 0.3) is 0 Å². The monoisotopic (exact) mass is 380 g/mol. The number of alkyl halides is 1. The summed E-state index contributed by atoms with van der Waals surface area (Å²) >= 11 is 3.84. The van der Waals surface area contributed by atoms with Crippen molar-refractivity contribution in [1.29, 1.82) is 0 Å². The molecule has 0 bridgehead atoms. The first-order chi connectivity index (χ1) is 10.9. The van der Waals surface area contributed by atoms with Crippen LogP contribution in [0.4, 0.5) is 0 Å². The smallest absolute Gasteiger partial charge is 0.167 e. The van der Waals surface area contributed by atoms with Crippen LogP contribution in [0, 0.1) is 28.6 Å². The first-order valence-corrected chi connectivity index (χ1v) is 10.2. The second-order valence-electron chi connectivity index (χ2n) is 8.88. The predicted octanol–water partition coefficient (Wildman–Crippen LogP) is 4.91. The molecule has 0 spiro atoms. The molecule has 2 unspecified atom stereocenters. The summed E-state index contributed by atoms with van der Waals surface area (Å²) in [6.45, 7) is 4.74. The van der Waals surface area contributed by atoms with Crippen LogP contribution < -0.4 is 0 Å². The Morgan fingerprint density at radius 1 is 1.17 bits per heavy atom. The van der Waals surface area contributed by atoms with Crippen molar-refractivity contribution < 1.29 is 9.53 Å². The van der Waals surface area contributed by atoms with E-state index >= 15 is 0 Å². The zero-order chi connectivity index (χ0) is 16.4. The van der Waals surface area contributed by atoms with Crippen molar-refractivity contribution in [1.82, 2.24) is 0 Å². The third-order valence-electron chi connectivity index (χ3n) is 8.04. The number of Topliss-reactive ketones (excluding diaryl/α,β-unsaturated/α-hetero) is 1. The number of carbonyl (C=O) groups is 1. The van der Waals surface area contributed by atoms with Crippen LogP contribution in [0.2, 0.25) is 0 Å². The molecule has 4 aliphatic rings. The van der Waals surface area contributed by atoms with Gasteiger partial charge in [0.15, 0.2) is 5.78 Å². The maximum Gasteiger partial charge on any atom is 0.167 e. The summed E-state index contributed by atoms with van der Waals surface area (Å²) < 4.78 is 5.53. The Bertz CT molecular complexity index is 556. The van der Waals surface area contributed by atoms with Gasteiger partial charge in [-0.3, -0.25) is 4.79 Å². The molecule has 4 rings (SSSR count). The van der Waals surface area contributed by atoms with Gasteiger partial charge in [-0.05, 0) is 68.1 Å². The van der Waals surface area contributed by atoms with Gasteiger partial charge < -0.3 is 4.74 Å². The number of rotatable bonds is 1. The Hall–Kier alpha value is -0.150. The molecule has 0 aromatic carbocycles. The molecule has 0 aliphatic heterocycles. The normalized spacial score (nSPS) is 52.4. The van der Waals surface area contributed by atoms with E-state index < -0.39 is 0 Å². The first-order valence-electron chi connectivity index (χ1n) is 9.31. The average Bonchev–Trinajstić information content (AvgIpc) is 2.79. The summed E-state index contributed by atoms with van der Waals surface area (Å²) in [6.07, 6.45) is 10.6. The number of ketones is 1. The van der Waals surface area contributed by atoms with E-state index in [4.69, 9.17) is 4.74 Å². The zero-order valence-electron chi connectivity index (χ0n) is 14.6. The summed E-state index contributed by atoms with van der Waals surface area (Å²) in [5.74, 6) is 2.35. The molecule has 3 heteroatoms. The van der Waals surface area contributed by atoms with Gasteiger partial charge in [0, 0.05) is 17.4 Å². The summed E-state index contributed by atoms with van der Waals surface area (Å²) in [5.41, 5.74) is 1.95. The van der Waals surface area contributed by atoms with Crippen LogP contribution >= 0.6 is 15.9 Å². The minimum Gasteiger partial charge on any atom is -0.374 e. The van der Waals surface area contributed by atoms with Gasteiger partial charge in [-0.2, -0.15) is 0 Å². The fourth-order valence-electron chi connectivity index (χ4n) is 6.59. The zero-order valence-corrected chi connectivity index (χ0v) is 16.2. The number of carbonyl (C=O) groups excluding carboxylic acids is 1. The lowest BCUT2D eigenvalue weighted by Crippen LogP contribution is -2.50. The molecule has 3 saturated carbocycles. The van der Waals surface area contributed by atoms with E-state index in [0.717, 1.165) is 18.8 Å². The fraction of sp³-hybridized carbons (Fsp3) is 0.850. The number of ether oxygens (including phenoxy) is 1. The van der Waals surface area contributed by atoms with Crippen LogP contribution in [0.5, 0.6) is 0 Å². The topological polar surface area (TPSA) is 26.3 Å². The van der Waals surface area contributed by atoms with E-state index in [2.05, 4.69) is 35.9 Å². The second-order valence-corrected chi connectivity index (χ2v) is 10.2. The van der Waals surface area contributed by atoms with Crippen LogP contribution in [-0.4, -0.2) is 23.8 Å². The van der Waals surface area contributed by atoms with Crippen molar-refractivity contribution in [3.63, 3.8) is 0 Å². The van der Waals surface area contributed by atoms with E-state index in [1.54, 1.807) is 12.7 Å².